The van der Waals surface area contributed by atoms with Gasteiger partial charge in [-0.15, -0.1) is 0 Å². The molecule has 1 aliphatic carbocycles. The molecule has 4 atom stereocenters. The van der Waals surface area contributed by atoms with Crippen LogP contribution < -0.4 is 0 Å². The molecule has 0 spiro atoms. The zero-order valence-electron chi connectivity index (χ0n) is 19.1. The number of rotatable bonds is 3. The van der Waals surface area contributed by atoms with Crippen molar-refractivity contribution in [1.29, 1.82) is 0 Å². The Morgan fingerprint density at radius 2 is 1.70 bits per heavy atom. The first-order valence-corrected chi connectivity index (χ1v) is 11.2. The molecular weight excluding hydrogens is 378 g/mol. The molecule has 1 aromatic heterocycles. The SMILES string of the molecule is CC[C@]1(C(=O)N2C[C@@H]3C[C@H]2CN3C(=O)OC(C)(C)C)C=C[C@@H](n2c(C)ccc2C)C1. The quantitative estimate of drug-likeness (QED) is 0.697. The molecule has 0 radical (unpaired) electrons. The van der Waals surface area contributed by atoms with Gasteiger partial charge in [0.2, 0.25) is 5.91 Å². The second-order valence-electron chi connectivity index (χ2n) is 10.3. The number of carbonyl (C=O) groups is 2. The molecule has 0 saturated carbocycles. The Hall–Kier alpha value is -2.24. The van der Waals surface area contributed by atoms with Gasteiger partial charge in [-0.3, -0.25) is 4.79 Å². The van der Waals surface area contributed by atoms with Crippen LogP contribution in [0.4, 0.5) is 4.79 Å². The van der Waals surface area contributed by atoms with Gasteiger partial charge in [-0.05, 0) is 66.0 Å². The van der Waals surface area contributed by atoms with Crippen LogP contribution in [0.3, 0.4) is 0 Å². The van der Waals surface area contributed by atoms with E-state index >= 15 is 0 Å². The molecule has 1 aromatic rings. The van der Waals surface area contributed by atoms with E-state index < -0.39 is 11.0 Å². The zero-order valence-corrected chi connectivity index (χ0v) is 19.1. The molecule has 6 heteroatoms. The largest absolute Gasteiger partial charge is 0.444 e. The number of likely N-dealkylation sites (tertiary alicyclic amines) is 2. The number of ether oxygens (including phenoxy) is 1. The van der Waals surface area contributed by atoms with Gasteiger partial charge >= 0.3 is 6.09 Å². The van der Waals surface area contributed by atoms with E-state index in [4.69, 9.17) is 4.74 Å². The minimum atomic E-state index is -0.501. The Morgan fingerprint density at radius 3 is 2.23 bits per heavy atom. The lowest BCUT2D eigenvalue weighted by molar-refractivity contribution is -0.142. The van der Waals surface area contributed by atoms with Gasteiger partial charge in [0.1, 0.15) is 5.60 Å². The standard InChI is InChI=1S/C24H35N3O3/c1-7-24(11-10-18(13-24)27-16(2)8-9-17(27)3)21(28)25-14-20-12-19(25)15-26(20)22(29)30-23(4,5)6/h8-11,18-20H,7,12-15H2,1-6H3/t18-,19+,20+,24+/m1/s1. The fourth-order valence-electron chi connectivity index (χ4n) is 5.50. The first kappa shape index (κ1) is 21.0. The number of piperazine rings is 1. The van der Waals surface area contributed by atoms with Crippen molar-refractivity contribution in [3.8, 4) is 0 Å². The van der Waals surface area contributed by atoms with Crippen LogP contribution >= 0.6 is 0 Å². The monoisotopic (exact) mass is 413 g/mol. The van der Waals surface area contributed by atoms with Gasteiger partial charge in [-0.2, -0.15) is 0 Å². The van der Waals surface area contributed by atoms with Crippen LogP contribution in [0.25, 0.3) is 0 Å². The van der Waals surface area contributed by atoms with Gasteiger partial charge in [0.05, 0.1) is 23.5 Å². The molecule has 164 valence electrons. The highest BCUT2D eigenvalue weighted by molar-refractivity contribution is 5.86. The van der Waals surface area contributed by atoms with E-state index in [1.165, 1.54) is 11.4 Å². The first-order valence-electron chi connectivity index (χ1n) is 11.2. The molecule has 3 heterocycles. The summed E-state index contributed by atoms with van der Waals surface area (Å²) in [6.07, 6.45) is 6.56. The third-order valence-electron chi connectivity index (χ3n) is 7.05. The Balaban J connectivity index is 1.46. The summed E-state index contributed by atoms with van der Waals surface area (Å²) in [5.74, 6) is 0.225. The fourth-order valence-corrected chi connectivity index (χ4v) is 5.50. The van der Waals surface area contributed by atoms with Crippen molar-refractivity contribution in [3.05, 3.63) is 35.7 Å². The van der Waals surface area contributed by atoms with E-state index in [-0.39, 0.29) is 30.1 Å². The Morgan fingerprint density at radius 1 is 1.10 bits per heavy atom. The molecule has 0 aromatic carbocycles. The number of nitrogens with zero attached hydrogens (tertiary/aromatic N) is 3. The zero-order chi connectivity index (χ0) is 21.8. The highest BCUT2D eigenvalue weighted by atomic mass is 16.6. The van der Waals surface area contributed by atoms with Crippen LogP contribution in [0.15, 0.2) is 24.3 Å². The molecule has 3 aliphatic rings. The summed E-state index contributed by atoms with van der Waals surface area (Å²) in [4.78, 5) is 30.1. The number of fused-ring (bicyclic) bond motifs is 2. The average molecular weight is 414 g/mol. The molecule has 0 unspecified atom stereocenters. The number of hydrogen-bond donors (Lipinski definition) is 0. The maximum Gasteiger partial charge on any atom is 0.410 e. The predicted octanol–water partition coefficient (Wildman–Crippen LogP) is 4.22. The van der Waals surface area contributed by atoms with Crippen molar-refractivity contribution in [2.24, 2.45) is 5.41 Å². The van der Waals surface area contributed by atoms with E-state index in [0.717, 1.165) is 19.3 Å². The maximum atomic E-state index is 13.7. The summed E-state index contributed by atoms with van der Waals surface area (Å²) < 4.78 is 7.89. The number of aryl methyl sites for hydroxylation is 2. The highest BCUT2D eigenvalue weighted by Crippen LogP contribution is 2.45. The fraction of sp³-hybridized carbons (Fsp3) is 0.667. The van der Waals surface area contributed by atoms with Gasteiger partial charge in [0.25, 0.3) is 0 Å². The van der Waals surface area contributed by atoms with E-state index in [9.17, 15) is 9.59 Å². The number of hydrogen-bond acceptors (Lipinski definition) is 3. The van der Waals surface area contributed by atoms with Crippen LogP contribution in [0.5, 0.6) is 0 Å². The second kappa shape index (κ2) is 7.17. The number of amides is 2. The topological polar surface area (TPSA) is 54.8 Å². The normalized spacial score (nSPS) is 30.4. The van der Waals surface area contributed by atoms with Crippen molar-refractivity contribution in [1.82, 2.24) is 14.4 Å². The highest BCUT2D eigenvalue weighted by Gasteiger charge is 2.52. The van der Waals surface area contributed by atoms with Crippen LogP contribution in [0.2, 0.25) is 0 Å². The summed E-state index contributed by atoms with van der Waals surface area (Å²) >= 11 is 0. The molecule has 30 heavy (non-hydrogen) atoms. The van der Waals surface area contributed by atoms with E-state index in [2.05, 4.69) is 49.6 Å². The Labute approximate surface area is 179 Å². The van der Waals surface area contributed by atoms with E-state index in [1.807, 2.05) is 30.6 Å². The van der Waals surface area contributed by atoms with Crippen molar-refractivity contribution in [2.75, 3.05) is 13.1 Å². The number of carbonyl (C=O) groups excluding carboxylic acids is 2. The molecule has 2 saturated heterocycles. The Bertz CT molecular complexity index is 861. The van der Waals surface area contributed by atoms with E-state index in [0.29, 0.717) is 13.1 Å². The minimum Gasteiger partial charge on any atom is -0.444 e. The van der Waals surface area contributed by atoms with Crippen molar-refractivity contribution >= 4 is 12.0 Å². The maximum absolute atomic E-state index is 13.7. The van der Waals surface area contributed by atoms with Crippen LogP contribution in [0.1, 0.15) is 64.4 Å². The number of aromatic nitrogens is 1. The van der Waals surface area contributed by atoms with Crippen LogP contribution in [0, 0.1) is 19.3 Å². The van der Waals surface area contributed by atoms with Gasteiger partial charge in [-0.1, -0.05) is 19.1 Å². The molecule has 6 nitrogen and oxygen atoms in total. The van der Waals surface area contributed by atoms with Gasteiger partial charge in [0, 0.05) is 24.5 Å². The summed E-state index contributed by atoms with van der Waals surface area (Å²) in [5.41, 5.74) is 1.51. The molecule has 2 amide bonds. The van der Waals surface area contributed by atoms with Gasteiger partial charge in [-0.25, -0.2) is 4.79 Å². The van der Waals surface area contributed by atoms with Gasteiger partial charge in [0.15, 0.2) is 0 Å². The second-order valence-corrected chi connectivity index (χ2v) is 10.3. The summed E-state index contributed by atoms with van der Waals surface area (Å²) in [5, 5.41) is 0. The summed E-state index contributed by atoms with van der Waals surface area (Å²) in [7, 11) is 0. The van der Waals surface area contributed by atoms with Crippen molar-refractivity contribution in [3.63, 3.8) is 0 Å². The lowest BCUT2D eigenvalue weighted by Gasteiger charge is -2.39. The molecular formula is C24H35N3O3. The Kier molecular flexibility index (Phi) is 5.02. The van der Waals surface area contributed by atoms with E-state index in [1.54, 1.807) is 0 Å². The van der Waals surface area contributed by atoms with Crippen LogP contribution in [-0.4, -0.2) is 57.1 Å². The first-order chi connectivity index (χ1) is 14.0. The molecule has 2 aliphatic heterocycles. The molecule has 0 N–H and O–H groups in total. The van der Waals surface area contributed by atoms with Crippen LogP contribution in [-0.2, 0) is 9.53 Å². The third-order valence-corrected chi connectivity index (χ3v) is 7.05. The van der Waals surface area contributed by atoms with Crippen molar-refractivity contribution < 1.29 is 14.3 Å². The summed E-state index contributed by atoms with van der Waals surface area (Å²) in [6, 6.07) is 4.67. The third kappa shape index (κ3) is 3.44. The predicted molar refractivity (Wildman–Crippen MR) is 116 cm³/mol. The number of allylic oxidation sites excluding steroid dienone is 1. The lowest BCUT2D eigenvalue weighted by atomic mass is 9.82. The van der Waals surface area contributed by atoms with Gasteiger partial charge < -0.3 is 19.1 Å². The lowest BCUT2D eigenvalue weighted by Crippen LogP contribution is -2.54. The molecule has 2 bridgehead atoms. The molecule has 4 rings (SSSR count). The summed E-state index contributed by atoms with van der Waals surface area (Å²) in [6.45, 7) is 13.2. The van der Waals surface area contributed by atoms with Crippen molar-refractivity contribution in [2.45, 2.75) is 84.5 Å². The minimum absolute atomic E-state index is 0.0674. The average Bonchev–Trinajstić information content (AvgIpc) is 3.43. The molecule has 2 fully saturated rings. The smallest absolute Gasteiger partial charge is 0.410 e.